The van der Waals surface area contributed by atoms with Crippen LogP contribution >= 0.6 is 0 Å². The predicted octanol–water partition coefficient (Wildman–Crippen LogP) is 9.65. The third-order valence-electron chi connectivity index (χ3n) is 6.90. The van der Waals surface area contributed by atoms with Crippen LogP contribution < -0.4 is 5.06 Å². The summed E-state index contributed by atoms with van der Waals surface area (Å²) in [6.45, 7) is 6.07. The second-order valence-electron chi connectivity index (χ2n) is 9.91. The molecule has 6 heteroatoms. The molecule has 0 atom stereocenters. The Bertz CT molecular complexity index is 1820. The molecule has 1 N–H and O–H groups in total. The van der Waals surface area contributed by atoms with Gasteiger partial charge in [0.2, 0.25) is 0 Å². The normalized spacial score (nSPS) is 11.6. The molecule has 0 fully saturated rings. The molecule has 202 valence electrons. The molecule has 0 aliphatic carbocycles. The summed E-state index contributed by atoms with van der Waals surface area (Å²) in [6.07, 6.45) is 1.86. The van der Waals surface area contributed by atoms with Gasteiger partial charge in [-0.05, 0) is 73.2 Å². The minimum absolute atomic E-state index is 0.0429. The van der Waals surface area contributed by atoms with E-state index in [1.807, 2.05) is 106 Å². The van der Waals surface area contributed by atoms with Crippen molar-refractivity contribution in [2.75, 3.05) is 12.2 Å². The number of aryl methyl sites for hydroxylation is 3. The number of fused-ring (bicyclic) bond motifs is 1. The smallest absolute Gasteiger partial charge is 0.170 e. The van der Waals surface area contributed by atoms with Gasteiger partial charge in [0.25, 0.3) is 0 Å². The fourth-order valence-electron chi connectivity index (χ4n) is 4.74. The number of hydrogen-bond acceptors (Lipinski definition) is 6. The standard InChI is InChI=1S/C35H30N4O2/c1-23-9-12-26(13-10-23)20-29(22-36)27-14-16-30(17-15-27)37-38-34-31-8-6-5-7-28(31)21-33(35(34)40)39(41-4)32-18-11-24(2)19-25(32)3/h5-21,40H,1-4H3. The Hall–Kier alpha value is -5.25. The number of allylic oxidation sites excluding steroid dienone is 1. The molecule has 0 radical (unpaired) electrons. The van der Waals surface area contributed by atoms with E-state index < -0.39 is 0 Å². The number of hydrogen-bond donors (Lipinski definition) is 1. The largest absolute Gasteiger partial charge is 0.504 e. The van der Waals surface area contributed by atoms with Gasteiger partial charge in [0.05, 0.1) is 30.1 Å². The average molecular weight is 539 g/mol. The van der Waals surface area contributed by atoms with Gasteiger partial charge in [-0.2, -0.15) is 10.4 Å². The van der Waals surface area contributed by atoms with Crippen molar-refractivity contribution in [3.63, 3.8) is 0 Å². The van der Waals surface area contributed by atoms with Crippen molar-refractivity contribution >= 4 is 45.2 Å². The first-order valence-corrected chi connectivity index (χ1v) is 13.2. The maximum Gasteiger partial charge on any atom is 0.170 e. The van der Waals surface area contributed by atoms with Gasteiger partial charge < -0.3 is 5.11 Å². The van der Waals surface area contributed by atoms with Crippen molar-refractivity contribution in [3.8, 4) is 11.8 Å². The SMILES string of the molecule is CON(c1ccc(C)cc1C)c1cc2ccccc2c(N=Nc2ccc(C(C#N)=Cc3ccc(C)cc3)cc2)c1O. The molecule has 0 unspecified atom stereocenters. The molecule has 0 saturated carbocycles. The molecule has 6 nitrogen and oxygen atoms in total. The van der Waals surface area contributed by atoms with Gasteiger partial charge in [0.1, 0.15) is 11.4 Å². The average Bonchev–Trinajstić information content (AvgIpc) is 2.98. The molecular formula is C35H30N4O2. The number of aromatic hydroxyl groups is 1. The van der Waals surface area contributed by atoms with Crippen molar-refractivity contribution in [1.82, 2.24) is 0 Å². The lowest BCUT2D eigenvalue weighted by Crippen LogP contribution is -2.16. The van der Waals surface area contributed by atoms with Crippen LogP contribution in [0, 0.1) is 32.1 Å². The zero-order chi connectivity index (χ0) is 28.9. The van der Waals surface area contributed by atoms with Crippen molar-refractivity contribution in [1.29, 1.82) is 5.26 Å². The maximum absolute atomic E-state index is 11.5. The predicted molar refractivity (Wildman–Crippen MR) is 166 cm³/mol. The molecule has 5 aromatic rings. The number of phenols is 1. The minimum atomic E-state index is -0.0429. The summed E-state index contributed by atoms with van der Waals surface area (Å²) < 4.78 is 0. The van der Waals surface area contributed by atoms with Crippen LogP contribution in [0.15, 0.2) is 107 Å². The highest BCUT2D eigenvalue weighted by Gasteiger charge is 2.21. The van der Waals surface area contributed by atoms with Crippen LogP contribution in [0.25, 0.3) is 22.4 Å². The van der Waals surface area contributed by atoms with E-state index in [0.717, 1.165) is 38.7 Å². The van der Waals surface area contributed by atoms with E-state index in [-0.39, 0.29) is 5.75 Å². The number of nitrogens with zero attached hydrogens (tertiary/aromatic N) is 4. The molecule has 5 rings (SSSR count). The Balaban J connectivity index is 1.51. The molecule has 0 saturated heterocycles. The zero-order valence-electron chi connectivity index (χ0n) is 23.5. The van der Waals surface area contributed by atoms with E-state index in [2.05, 4.69) is 22.4 Å². The highest BCUT2D eigenvalue weighted by Crippen LogP contribution is 2.46. The van der Waals surface area contributed by atoms with Crippen molar-refractivity contribution in [2.24, 2.45) is 10.2 Å². The Labute approximate surface area is 240 Å². The van der Waals surface area contributed by atoms with Crippen LogP contribution in [-0.2, 0) is 4.84 Å². The van der Waals surface area contributed by atoms with Gasteiger partial charge in [0, 0.05) is 5.39 Å². The lowest BCUT2D eigenvalue weighted by molar-refractivity contribution is 0.199. The van der Waals surface area contributed by atoms with E-state index >= 15 is 0 Å². The van der Waals surface area contributed by atoms with Crippen LogP contribution in [0.5, 0.6) is 5.75 Å². The third-order valence-corrected chi connectivity index (χ3v) is 6.90. The van der Waals surface area contributed by atoms with E-state index in [4.69, 9.17) is 4.84 Å². The van der Waals surface area contributed by atoms with Crippen LogP contribution in [0.1, 0.15) is 27.8 Å². The molecular weight excluding hydrogens is 508 g/mol. The number of benzene rings is 5. The van der Waals surface area contributed by atoms with Gasteiger partial charge in [-0.1, -0.05) is 83.9 Å². The number of nitriles is 1. The second-order valence-corrected chi connectivity index (χ2v) is 9.91. The van der Waals surface area contributed by atoms with Crippen molar-refractivity contribution in [2.45, 2.75) is 20.8 Å². The van der Waals surface area contributed by atoms with Gasteiger partial charge in [-0.15, -0.1) is 5.11 Å². The summed E-state index contributed by atoms with van der Waals surface area (Å²) >= 11 is 0. The van der Waals surface area contributed by atoms with Gasteiger partial charge >= 0.3 is 0 Å². The summed E-state index contributed by atoms with van der Waals surface area (Å²) in [5.74, 6) is -0.0429. The molecule has 0 aromatic heterocycles. The quantitative estimate of drug-likeness (QED) is 0.0968. The molecule has 0 amide bonds. The lowest BCUT2D eigenvalue weighted by Gasteiger charge is -2.25. The van der Waals surface area contributed by atoms with E-state index in [1.54, 1.807) is 24.3 Å². The van der Waals surface area contributed by atoms with Gasteiger partial charge in [0.15, 0.2) is 5.75 Å². The molecule has 0 spiro atoms. The summed E-state index contributed by atoms with van der Waals surface area (Å²) in [6, 6.07) is 33.2. The van der Waals surface area contributed by atoms with Crippen LogP contribution in [0.3, 0.4) is 0 Å². The Morgan fingerprint density at radius 3 is 2.22 bits per heavy atom. The number of rotatable bonds is 7. The van der Waals surface area contributed by atoms with Gasteiger partial charge in [-0.25, -0.2) is 5.06 Å². The highest BCUT2D eigenvalue weighted by atomic mass is 16.7. The summed E-state index contributed by atoms with van der Waals surface area (Å²) in [4.78, 5) is 5.75. The minimum Gasteiger partial charge on any atom is -0.504 e. The fraction of sp³-hybridized carbons (Fsp3) is 0.114. The van der Waals surface area contributed by atoms with Gasteiger partial charge in [-0.3, -0.25) is 4.84 Å². The fourth-order valence-corrected chi connectivity index (χ4v) is 4.74. The Morgan fingerprint density at radius 1 is 0.829 bits per heavy atom. The third kappa shape index (κ3) is 5.86. The van der Waals surface area contributed by atoms with Crippen LogP contribution in [0.2, 0.25) is 0 Å². The summed E-state index contributed by atoms with van der Waals surface area (Å²) in [5, 5.41) is 33.4. The van der Waals surface area contributed by atoms with E-state index in [0.29, 0.717) is 22.6 Å². The molecule has 0 aliphatic heterocycles. The maximum atomic E-state index is 11.5. The van der Waals surface area contributed by atoms with Crippen molar-refractivity contribution < 1.29 is 9.94 Å². The first-order chi connectivity index (χ1) is 19.9. The summed E-state index contributed by atoms with van der Waals surface area (Å²) in [7, 11) is 1.57. The Morgan fingerprint density at radius 2 is 1.54 bits per heavy atom. The lowest BCUT2D eigenvalue weighted by atomic mass is 10.0. The molecule has 0 heterocycles. The van der Waals surface area contributed by atoms with Crippen LogP contribution in [-0.4, -0.2) is 12.2 Å². The highest BCUT2D eigenvalue weighted by molar-refractivity contribution is 6.00. The van der Waals surface area contributed by atoms with Crippen molar-refractivity contribution in [3.05, 3.63) is 125 Å². The summed E-state index contributed by atoms with van der Waals surface area (Å²) in [5.41, 5.74) is 7.82. The Kier molecular flexibility index (Phi) is 7.91. The second kappa shape index (κ2) is 11.9. The molecule has 0 aliphatic rings. The van der Waals surface area contributed by atoms with E-state index in [1.165, 1.54) is 5.56 Å². The monoisotopic (exact) mass is 538 g/mol. The molecule has 41 heavy (non-hydrogen) atoms. The zero-order valence-corrected chi connectivity index (χ0v) is 23.5. The number of azo groups is 1. The number of phenolic OH excluding ortho intramolecular Hbond substituents is 1. The van der Waals surface area contributed by atoms with Crippen LogP contribution in [0.4, 0.5) is 22.7 Å². The first-order valence-electron chi connectivity index (χ1n) is 13.2. The number of anilines is 2. The first kappa shape index (κ1) is 27.3. The topological polar surface area (TPSA) is 81.2 Å². The molecule has 0 bridgehead atoms. The van der Waals surface area contributed by atoms with E-state index in [9.17, 15) is 10.4 Å². The molecule has 5 aromatic carbocycles.